The maximum absolute atomic E-state index is 11.3. The Morgan fingerprint density at radius 1 is 1.50 bits per heavy atom. The SMILES string of the molecule is COc1ccc(S(=O)(=O)N=[N+]=[N-])cc1N.Cl. The third-order valence-electron chi connectivity index (χ3n) is 1.64. The number of sulfonamides is 1. The zero-order chi connectivity index (χ0) is 11.5. The van der Waals surface area contributed by atoms with Gasteiger partial charge in [0.1, 0.15) is 5.75 Å². The Balaban J connectivity index is 0.00000225. The molecule has 0 fully saturated rings. The third kappa shape index (κ3) is 2.93. The van der Waals surface area contributed by atoms with Crippen molar-refractivity contribution in [2.24, 2.45) is 4.52 Å². The van der Waals surface area contributed by atoms with E-state index in [0.29, 0.717) is 5.75 Å². The average Bonchev–Trinajstić information content (AvgIpc) is 2.17. The van der Waals surface area contributed by atoms with Crippen LogP contribution in [-0.2, 0) is 10.0 Å². The lowest BCUT2D eigenvalue weighted by Crippen LogP contribution is -1.98. The molecule has 0 aromatic heterocycles. The first-order valence-corrected chi connectivity index (χ1v) is 5.20. The van der Waals surface area contributed by atoms with Crippen molar-refractivity contribution in [3.05, 3.63) is 28.6 Å². The number of methoxy groups -OCH3 is 1. The minimum atomic E-state index is -3.99. The standard InChI is InChI=1S/C7H8N4O3S.ClH/c1-14-7-3-2-5(4-6(7)8)15(12,13)11-10-9;/h2-4H,8H2,1H3;1H. The molecule has 0 unspecified atom stereocenters. The second-order valence-corrected chi connectivity index (χ2v) is 4.13. The molecule has 88 valence electrons. The molecule has 16 heavy (non-hydrogen) atoms. The molecule has 1 aromatic carbocycles. The lowest BCUT2D eigenvalue weighted by Gasteiger charge is -2.05. The highest BCUT2D eigenvalue weighted by atomic mass is 35.5. The number of halogens is 1. The van der Waals surface area contributed by atoms with Gasteiger partial charge in [0.15, 0.2) is 0 Å². The van der Waals surface area contributed by atoms with Gasteiger partial charge in [-0.1, -0.05) is 0 Å². The molecule has 0 bridgehead atoms. The Kier molecular flexibility index (Phi) is 4.90. The number of nitrogens with zero attached hydrogens (tertiary/aromatic N) is 3. The van der Waals surface area contributed by atoms with E-state index in [4.69, 9.17) is 16.0 Å². The van der Waals surface area contributed by atoms with Crippen molar-refractivity contribution in [3.8, 4) is 5.75 Å². The number of hydrogen-bond donors (Lipinski definition) is 1. The predicted molar refractivity (Wildman–Crippen MR) is 61.0 cm³/mol. The van der Waals surface area contributed by atoms with Crippen LogP contribution in [0.2, 0.25) is 0 Å². The van der Waals surface area contributed by atoms with Crippen molar-refractivity contribution in [1.82, 2.24) is 0 Å². The van der Waals surface area contributed by atoms with E-state index < -0.39 is 10.0 Å². The molecule has 0 saturated carbocycles. The smallest absolute Gasteiger partial charge is 0.264 e. The first kappa shape index (κ1) is 14.4. The highest BCUT2D eigenvalue weighted by molar-refractivity contribution is 7.90. The van der Waals surface area contributed by atoms with Crippen molar-refractivity contribution in [3.63, 3.8) is 0 Å². The van der Waals surface area contributed by atoms with Gasteiger partial charge in [-0.2, -0.15) is 0 Å². The number of hydrogen-bond acceptors (Lipinski definition) is 4. The largest absolute Gasteiger partial charge is 0.495 e. The number of anilines is 1. The Morgan fingerprint density at radius 2 is 2.12 bits per heavy atom. The summed E-state index contributed by atoms with van der Waals surface area (Å²) in [5.74, 6) is 0.356. The summed E-state index contributed by atoms with van der Waals surface area (Å²) in [6.45, 7) is 0. The van der Waals surface area contributed by atoms with Gasteiger partial charge in [0.05, 0.1) is 17.7 Å². The highest BCUT2D eigenvalue weighted by Gasteiger charge is 2.13. The molecular weight excluding hydrogens is 256 g/mol. The summed E-state index contributed by atoms with van der Waals surface area (Å²) in [6, 6.07) is 3.80. The molecule has 0 aliphatic carbocycles. The van der Waals surface area contributed by atoms with Gasteiger partial charge >= 0.3 is 0 Å². The van der Waals surface area contributed by atoms with Gasteiger partial charge in [-0.3, -0.25) is 0 Å². The molecule has 0 aliphatic heterocycles. The van der Waals surface area contributed by atoms with Crippen LogP contribution in [-0.4, -0.2) is 15.5 Å². The van der Waals surface area contributed by atoms with Crippen molar-refractivity contribution in [1.29, 1.82) is 0 Å². The van der Waals surface area contributed by atoms with Gasteiger partial charge in [-0.15, -0.1) is 12.4 Å². The van der Waals surface area contributed by atoms with Crippen LogP contribution in [0.4, 0.5) is 5.69 Å². The van der Waals surface area contributed by atoms with Crippen molar-refractivity contribution in [2.45, 2.75) is 4.90 Å². The van der Waals surface area contributed by atoms with Gasteiger partial charge in [-0.05, 0) is 23.7 Å². The monoisotopic (exact) mass is 264 g/mol. The quantitative estimate of drug-likeness (QED) is 0.387. The fourth-order valence-corrected chi connectivity index (χ4v) is 1.67. The van der Waals surface area contributed by atoms with E-state index in [9.17, 15) is 8.42 Å². The fourth-order valence-electron chi connectivity index (χ4n) is 0.968. The minimum absolute atomic E-state index is 0. The summed E-state index contributed by atoms with van der Waals surface area (Å²) in [6.07, 6.45) is 0. The van der Waals surface area contributed by atoms with Gasteiger partial charge < -0.3 is 10.5 Å². The summed E-state index contributed by atoms with van der Waals surface area (Å²) in [5, 5.41) is 0. The first-order chi connectivity index (χ1) is 7.01. The molecule has 9 heteroatoms. The number of nitrogens with two attached hydrogens (primary N) is 1. The van der Waals surface area contributed by atoms with E-state index in [1.807, 2.05) is 0 Å². The second kappa shape index (κ2) is 5.45. The molecular formula is C7H9ClN4O3S. The summed E-state index contributed by atoms with van der Waals surface area (Å²) in [7, 11) is -2.58. The lowest BCUT2D eigenvalue weighted by atomic mass is 10.3. The molecule has 0 atom stereocenters. The summed E-state index contributed by atoms with van der Waals surface area (Å²) in [4.78, 5) is 2.05. The van der Waals surface area contributed by atoms with Crippen LogP contribution in [0.3, 0.4) is 0 Å². The summed E-state index contributed by atoms with van der Waals surface area (Å²) >= 11 is 0. The van der Waals surface area contributed by atoms with E-state index in [2.05, 4.69) is 9.43 Å². The Hall–Kier alpha value is -1.63. The number of ether oxygens (including phenoxy) is 1. The molecule has 2 N–H and O–H groups in total. The topological polar surface area (TPSA) is 118 Å². The van der Waals surface area contributed by atoms with E-state index in [-0.39, 0.29) is 23.0 Å². The first-order valence-electron chi connectivity index (χ1n) is 3.76. The van der Waals surface area contributed by atoms with Crippen LogP contribution in [0, 0.1) is 0 Å². The molecule has 1 aromatic rings. The minimum Gasteiger partial charge on any atom is -0.495 e. The average molecular weight is 265 g/mol. The normalized spacial score (nSPS) is 9.81. The van der Waals surface area contributed by atoms with Gasteiger partial charge in [0.2, 0.25) is 0 Å². The summed E-state index contributed by atoms with van der Waals surface area (Å²) in [5.41, 5.74) is 13.7. The van der Waals surface area contributed by atoms with Crippen molar-refractivity contribution >= 4 is 28.1 Å². The van der Waals surface area contributed by atoms with Crippen molar-refractivity contribution < 1.29 is 13.2 Å². The lowest BCUT2D eigenvalue weighted by molar-refractivity contribution is 0.416. The molecule has 0 spiro atoms. The van der Waals surface area contributed by atoms with Crippen LogP contribution in [0.1, 0.15) is 0 Å². The van der Waals surface area contributed by atoms with Gasteiger partial charge in [0, 0.05) is 9.43 Å². The second-order valence-electron chi connectivity index (χ2n) is 2.55. The van der Waals surface area contributed by atoms with E-state index in [1.165, 1.54) is 25.3 Å². The van der Waals surface area contributed by atoms with E-state index >= 15 is 0 Å². The van der Waals surface area contributed by atoms with Gasteiger partial charge in [0.25, 0.3) is 10.0 Å². The van der Waals surface area contributed by atoms with Crippen LogP contribution >= 0.6 is 12.4 Å². The Bertz CT molecular complexity index is 524. The molecule has 0 radical (unpaired) electrons. The number of azide groups is 1. The molecule has 0 aliphatic rings. The van der Waals surface area contributed by atoms with Gasteiger partial charge in [-0.25, -0.2) is 8.42 Å². The Labute approximate surface area is 98.3 Å². The fraction of sp³-hybridized carbons (Fsp3) is 0.143. The van der Waals surface area contributed by atoms with Crippen molar-refractivity contribution in [2.75, 3.05) is 12.8 Å². The Morgan fingerprint density at radius 3 is 2.56 bits per heavy atom. The zero-order valence-corrected chi connectivity index (χ0v) is 9.83. The van der Waals surface area contributed by atoms with Crippen LogP contribution < -0.4 is 10.5 Å². The number of nitrogen functional groups attached to an aromatic ring is 1. The maximum Gasteiger partial charge on any atom is 0.264 e. The molecule has 0 saturated heterocycles. The molecule has 0 heterocycles. The van der Waals surface area contributed by atoms with Crippen LogP contribution in [0.25, 0.3) is 10.4 Å². The highest BCUT2D eigenvalue weighted by Crippen LogP contribution is 2.25. The molecule has 7 nitrogen and oxygen atoms in total. The number of benzene rings is 1. The van der Waals surface area contributed by atoms with Crippen LogP contribution in [0.5, 0.6) is 5.75 Å². The van der Waals surface area contributed by atoms with Crippen LogP contribution in [0.15, 0.2) is 27.6 Å². The molecule has 0 amide bonds. The number of rotatable bonds is 3. The third-order valence-corrected chi connectivity index (χ3v) is 2.78. The van der Waals surface area contributed by atoms with E-state index in [0.717, 1.165) is 0 Å². The maximum atomic E-state index is 11.3. The molecule has 1 rings (SSSR count). The predicted octanol–water partition coefficient (Wildman–Crippen LogP) is 1.70. The zero-order valence-electron chi connectivity index (χ0n) is 8.19. The van der Waals surface area contributed by atoms with E-state index in [1.54, 1.807) is 0 Å². The summed E-state index contributed by atoms with van der Waals surface area (Å²) < 4.78 is 30.1.